The van der Waals surface area contributed by atoms with Crippen molar-refractivity contribution in [2.24, 2.45) is 0 Å². The molecule has 146 valence electrons. The van der Waals surface area contributed by atoms with Gasteiger partial charge in [-0.3, -0.25) is 14.4 Å². The van der Waals surface area contributed by atoms with Crippen molar-refractivity contribution in [1.82, 2.24) is 0 Å². The Morgan fingerprint density at radius 3 is 2.37 bits per heavy atom. The van der Waals surface area contributed by atoms with Crippen molar-refractivity contribution in [2.75, 3.05) is 31.5 Å². The van der Waals surface area contributed by atoms with Crippen molar-refractivity contribution >= 4 is 21.4 Å². The summed E-state index contributed by atoms with van der Waals surface area (Å²) >= 11 is 0. The Labute approximate surface area is 158 Å². The van der Waals surface area contributed by atoms with E-state index in [1.807, 2.05) is 21.0 Å². The number of nitrogens with one attached hydrogen (secondary N) is 1. The van der Waals surface area contributed by atoms with Gasteiger partial charge in [0, 0.05) is 12.1 Å². The van der Waals surface area contributed by atoms with Gasteiger partial charge < -0.3 is 10.0 Å². The van der Waals surface area contributed by atoms with E-state index in [4.69, 9.17) is 0 Å². The van der Waals surface area contributed by atoms with E-state index >= 15 is 0 Å². The van der Waals surface area contributed by atoms with Gasteiger partial charge in [-0.1, -0.05) is 23.8 Å². The van der Waals surface area contributed by atoms with E-state index in [9.17, 15) is 23.6 Å². The van der Waals surface area contributed by atoms with Crippen molar-refractivity contribution in [3.63, 3.8) is 0 Å². The zero-order valence-electron chi connectivity index (χ0n) is 15.5. The predicted molar refractivity (Wildman–Crippen MR) is 102 cm³/mol. The maximum Gasteiger partial charge on any atom is 0.271 e. The van der Waals surface area contributed by atoms with Crippen molar-refractivity contribution in [1.29, 1.82) is 0 Å². The molecule has 0 amide bonds. The first kappa shape index (κ1) is 20.8. The molecule has 1 atom stereocenters. The highest BCUT2D eigenvalue weighted by Crippen LogP contribution is 2.27. The summed E-state index contributed by atoms with van der Waals surface area (Å²) in [6.45, 7) is 1.97. The van der Waals surface area contributed by atoms with Crippen LogP contribution >= 0.6 is 0 Å². The van der Waals surface area contributed by atoms with Crippen LogP contribution in [0.4, 0.5) is 11.4 Å². The van der Waals surface area contributed by atoms with Crippen molar-refractivity contribution < 1.29 is 23.3 Å². The highest BCUT2D eigenvalue weighted by Gasteiger charge is 2.29. The molecule has 2 rings (SSSR count). The number of benzene rings is 2. The van der Waals surface area contributed by atoms with Crippen LogP contribution in [0.15, 0.2) is 53.4 Å². The van der Waals surface area contributed by atoms with Crippen LogP contribution in [0.2, 0.25) is 0 Å². The lowest BCUT2D eigenvalue weighted by Gasteiger charge is -2.27. The van der Waals surface area contributed by atoms with Gasteiger partial charge in [0.2, 0.25) is 0 Å². The van der Waals surface area contributed by atoms with Crippen LogP contribution in [0.25, 0.3) is 0 Å². The lowest BCUT2D eigenvalue weighted by molar-refractivity contribution is -0.861. The second-order valence-corrected chi connectivity index (χ2v) is 8.55. The van der Waals surface area contributed by atoms with Gasteiger partial charge in [-0.2, -0.15) is 0 Å². The monoisotopic (exact) mass is 394 g/mol. The van der Waals surface area contributed by atoms with E-state index in [2.05, 4.69) is 0 Å². The third kappa shape index (κ3) is 5.25. The smallest absolute Gasteiger partial charge is 0.271 e. The Morgan fingerprint density at radius 2 is 1.81 bits per heavy atom. The van der Waals surface area contributed by atoms with Gasteiger partial charge in [0.05, 0.1) is 36.1 Å². The number of nitro groups is 1. The minimum Gasteiger partial charge on any atom is -0.385 e. The van der Waals surface area contributed by atoms with Crippen molar-refractivity contribution in [3.8, 4) is 0 Å². The zero-order valence-corrected chi connectivity index (χ0v) is 16.3. The Balaban J connectivity index is 2.50. The van der Waals surface area contributed by atoms with Crippen LogP contribution in [-0.4, -0.2) is 51.7 Å². The standard InChI is InChI=1S/C18H23N3O5S/c1-14-7-9-18(10-8-14)27(25,26)20(13-17(22)12-19(2)3)15-5-4-6-16(11-15)21(23)24/h4-11,17,22H,12-13H2,1-3H3/p+1/t17-/m1/s1. The molecule has 0 aromatic heterocycles. The Bertz CT molecular complexity index is 897. The molecule has 0 heterocycles. The fourth-order valence-corrected chi connectivity index (χ4v) is 4.16. The molecule has 0 unspecified atom stereocenters. The van der Waals surface area contributed by atoms with E-state index in [1.165, 1.54) is 36.4 Å². The highest BCUT2D eigenvalue weighted by atomic mass is 32.2. The minimum absolute atomic E-state index is 0.0593. The summed E-state index contributed by atoms with van der Waals surface area (Å²) < 4.78 is 27.4. The van der Waals surface area contributed by atoms with E-state index < -0.39 is 21.1 Å². The number of hydrogen-bond donors (Lipinski definition) is 2. The SMILES string of the molecule is Cc1ccc(S(=O)(=O)N(C[C@H](O)C[NH+](C)C)c2cccc([N+](=O)[O-])c2)cc1. The molecule has 9 heteroatoms. The molecule has 0 saturated carbocycles. The highest BCUT2D eigenvalue weighted by molar-refractivity contribution is 7.92. The molecule has 0 spiro atoms. The van der Waals surface area contributed by atoms with Gasteiger partial charge in [0.25, 0.3) is 15.7 Å². The number of aliphatic hydroxyl groups excluding tert-OH is 1. The van der Waals surface area contributed by atoms with Crippen LogP contribution in [0, 0.1) is 17.0 Å². The summed E-state index contributed by atoms with van der Waals surface area (Å²) in [7, 11) is -0.317. The second kappa shape index (κ2) is 8.47. The third-order valence-corrected chi connectivity index (χ3v) is 5.77. The molecular weight excluding hydrogens is 370 g/mol. The fraction of sp³-hybridized carbons (Fsp3) is 0.333. The molecule has 0 aliphatic heterocycles. The summed E-state index contributed by atoms with van der Waals surface area (Å²) in [6.07, 6.45) is -0.936. The largest absolute Gasteiger partial charge is 0.385 e. The number of hydrogen-bond acceptors (Lipinski definition) is 5. The van der Waals surface area contributed by atoms with E-state index in [0.717, 1.165) is 14.8 Å². The number of anilines is 1. The van der Waals surface area contributed by atoms with Crippen LogP contribution in [0.5, 0.6) is 0 Å². The molecule has 0 fully saturated rings. The number of quaternary nitrogens is 1. The molecule has 2 aromatic rings. The Hall–Kier alpha value is -2.49. The number of non-ortho nitro benzene ring substituents is 1. The summed E-state index contributed by atoms with van der Waals surface area (Å²) in [5, 5.41) is 21.4. The molecule has 0 bridgehead atoms. The van der Waals surface area contributed by atoms with Gasteiger partial charge in [0.1, 0.15) is 12.6 Å². The second-order valence-electron chi connectivity index (χ2n) is 6.69. The maximum atomic E-state index is 13.2. The molecule has 8 nitrogen and oxygen atoms in total. The first-order valence-electron chi connectivity index (χ1n) is 8.42. The average Bonchev–Trinajstić information content (AvgIpc) is 2.59. The Morgan fingerprint density at radius 1 is 1.19 bits per heavy atom. The molecule has 0 radical (unpaired) electrons. The predicted octanol–water partition coefficient (Wildman–Crippen LogP) is 0.604. The number of nitro benzene ring substituents is 1. The van der Waals surface area contributed by atoms with Gasteiger partial charge in [0.15, 0.2) is 0 Å². The number of rotatable bonds is 8. The molecule has 0 saturated heterocycles. The van der Waals surface area contributed by atoms with Crippen LogP contribution in [-0.2, 0) is 10.0 Å². The van der Waals surface area contributed by atoms with Gasteiger partial charge in [-0.15, -0.1) is 0 Å². The van der Waals surface area contributed by atoms with Crippen LogP contribution in [0.3, 0.4) is 0 Å². The van der Waals surface area contributed by atoms with Crippen LogP contribution in [0.1, 0.15) is 5.56 Å². The summed E-state index contributed by atoms with van der Waals surface area (Å²) in [5.41, 5.74) is 0.828. The third-order valence-electron chi connectivity index (χ3n) is 3.96. The topological polar surface area (TPSA) is 105 Å². The summed E-state index contributed by atoms with van der Waals surface area (Å²) in [4.78, 5) is 11.5. The zero-order chi connectivity index (χ0) is 20.2. The van der Waals surface area contributed by atoms with E-state index in [0.29, 0.717) is 6.54 Å². The summed E-state index contributed by atoms with van der Waals surface area (Å²) in [5.74, 6) is 0. The normalized spacial score (nSPS) is 12.8. The number of aryl methyl sites for hydroxylation is 1. The maximum absolute atomic E-state index is 13.2. The molecule has 0 aliphatic carbocycles. The Kier molecular flexibility index (Phi) is 6.53. The van der Waals surface area contributed by atoms with E-state index in [1.54, 1.807) is 12.1 Å². The number of sulfonamides is 1. The first-order valence-corrected chi connectivity index (χ1v) is 9.86. The fourth-order valence-electron chi connectivity index (χ4n) is 2.67. The number of likely N-dealkylation sites (N-methyl/N-ethyl adjacent to an activating group) is 1. The first-order chi connectivity index (χ1) is 12.6. The summed E-state index contributed by atoms with van der Waals surface area (Å²) in [6, 6.07) is 11.7. The molecule has 27 heavy (non-hydrogen) atoms. The van der Waals surface area contributed by atoms with Crippen LogP contribution < -0.4 is 9.21 Å². The lowest BCUT2D eigenvalue weighted by atomic mass is 10.2. The quantitative estimate of drug-likeness (QED) is 0.504. The number of nitrogens with zero attached hydrogens (tertiary/aromatic N) is 2. The molecule has 2 aromatic carbocycles. The molecule has 0 aliphatic rings. The lowest BCUT2D eigenvalue weighted by Crippen LogP contribution is -3.07. The van der Waals surface area contributed by atoms with Gasteiger partial charge in [-0.25, -0.2) is 8.42 Å². The van der Waals surface area contributed by atoms with Gasteiger partial charge >= 0.3 is 0 Å². The average molecular weight is 394 g/mol. The minimum atomic E-state index is -4.00. The van der Waals surface area contributed by atoms with E-state index in [-0.39, 0.29) is 22.8 Å². The number of aliphatic hydroxyl groups is 1. The van der Waals surface area contributed by atoms with Crippen molar-refractivity contribution in [2.45, 2.75) is 17.9 Å². The van der Waals surface area contributed by atoms with Gasteiger partial charge in [-0.05, 0) is 25.1 Å². The molecular formula is C18H24N3O5S+. The molecule has 2 N–H and O–H groups in total. The van der Waals surface area contributed by atoms with Crippen molar-refractivity contribution in [3.05, 3.63) is 64.2 Å².